The Morgan fingerprint density at radius 1 is 1.13 bits per heavy atom. The van der Waals surface area contributed by atoms with E-state index in [1.807, 2.05) is 36.5 Å². The highest BCUT2D eigenvalue weighted by Crippen LogP contribution is 2.41. The van der Waals surface area contributed by atoms with Crippen LogP contribution in [0.15, 0.2) is 54.7 Å². The number of nitrogens with zero attached hydrogens (tertiary/aromatic N) is 3. The van der Waals surface area contributed by atoms with Gasteiger partial charge in [0.05, 0.1) is 17.8 Å². The van der Waals surface area contributed by atoms with E-state index in [9.17, 15) is 0 Å². The first kappa shape index (κ1) is 20.9. The Labute approximate surface area is 188 Å². The summed E-state index contributed by atoms with van der Waals surface area (Å²) in [5.41, 5.74) is 5.74. The molecule has 1 saturated heterocycles. The highest BCUT2D eigenvalue weighted by Gasteiger charge is 2.41. The van der Waals surface area contributed by atoms with E-state index in [1.165, 1.54) is 17.0 Å². The predicted octanol–water partition coefficient (Wildman–Crippen LogP) is 5.92. The molecule has 30 heavy (non-hydrogen) atoms. The van der Waals surface area contributed by atoms with Crippen molar-refractivity contribution in [2.24, 2.45) is 0 Å². The Balaban J connectivity index is 1.82. The molecule has 4 nitrogen and oxygen atoms in total. The first-order valence-corrected chi connectivity index (χ1v) is 11.2. The minimum absolute atomic E-state index is 0.0175. The lowest BCUT2D eigenvalue weighted by molar-refractivity contribution is 0.312. The number of pyridine rings is 1. The normalized spacial score (nSPS) is 18.7. The van der Waals surface area contributed by atoms with Crippen LogP contribution in [-0.4, -0.2) is 26.1 Å². The van der Waals surface area contributed by atoms with Crippen LogP contribution in [0.2, 0.25) is 5.02 Å². The van der Waals surface area contributed by atoms with Crippen molar-refractivity contribution in [3.63, 3.8) is 0 Å². The third kappa shape index (κ3) is 3.84. The average Bonchev–Trinajstić information content (AvgIpc) is 3.22. The van der Waals surface area contributed by atoms with Crippen molar-refractivity contribution in [1.29, 1.82) is 0 Å². The summed E-state index contributed by atoms with van der Waals surface area (Å²) >= 11 is 12.0. The standard InChI is InChI=1S/C24H27ClN4S/c1-4-5-13-28-23(22(27-24(28)30)21-11-6-7-12-26-21)20-14-16(2)29(17(20)3)19-10-8-9-18(25)15-19/h6-12,14-15,22-23H,4-5,13H2,1-3H3,(H,27,30)/t22-,23+/m1/s1. The largest absolute Gasteiger partial charge is 0.352 e. The van der Waals surface area contributed by atoms with Crippen LogP contribution in [0.4, 0.5) is 0 Å². The molecule has 0 bridgehead atoms. The molecule has 1 aromatic carbocycles. The lowest BCUT2D eigenvalue weighted by atomic mass is 9.96. The van der Waals surface area contributed by atoms with E-state index in [0.29, 0.717) is 0 Å². The Morgan fingerprint density at radius 2 is 1.97 bits per heavy atom. The van der Waals surface area contributed by atoms with Gasteiger partial charge in [0, 0.05) is 34.8 Å². The molecule has 2 atom stereocenters. The zero-order valence-electron chi connectivity index (χ0n) is 17.6. The van der Waals surface area contributed by atoms with Crippen molar-refractivity contribution in [1.82, 2.24) is 19.8 Å². The second-order valence-electron chi connectivity index (χ2n) is 7.82. The van der Waals surface area contributed by atoms with Gasteiger partial charge in [-0.15, -0.1) is 0 Å². The quantitative estimate of drug-likeness (QED) is 0.484. The molecule has 0 aliphatic carbocycles. The molecule has 0 radical (unpaired) electrons. The van der Waals surface area contributed by atoms with E-state index in [0.717, 1.165) is 40.9 Å². The fourth-order valence-corrected chi connectivity index (χ4v) is 4.93. The number of aromatic nitrogens is 2. The van der Waals surface area contributed by atoms with Crippen LogP contribution in [0.1, 0.15) is 54.5 Å². The molecule has 0 unspecified atom stereocenters. The second kappa shape index (κ2) is 8.78. The Bertz CT molecular complexity index is 1050. The highest BCUT2D eigenvalue weighted by atomic mass is 35.5. The van der Waals surface area contributed by atoms with Gasteiger partial charge in [-0.1, -0.05) is 37.1 Å². The molecule has 0 amide bonds. The molecule has 0 saturated carbocycles. The maximum absolute atomic E-state index is 6.28. The number of unbranched alkanes of at least 4 members (excludes halogenated alkanes) is 1. The van der Waals surface area contributed by atoms with Gasteiger partial charge in [0.25, 0.3) is 0 Å². The number of nitrogens with one attached hydrogen (secondary N) is 1. The molecular weight excluding hydrogens is 412 g/mol. The van der Waals surface area contributed by atoms with Crippen LogP contribution >= 0.6 is 23.8 Å². The van der Waals surface area contributed by atoms with E-state index < -0.39 is 0 Å². The van der Waals surface area contributed by atoms with E-state index in [2.05, 4.69) is 58.7 Å². The molecule has 3 heterocycles. The number of halogens is 1. The van der Waals surface area contributed by atoms with Crippen LogP contribution in [-0.2, 0) is 0 Å². The van der Waals surface area contributed by atoms with Crippen molar-refractivity contribution in [3.8, 4) is 5.69 Å². The lowest BCUT2D eigenvalue weighted by Gasteiger charge is -2.28. The number of hydrogen-bond acceptors (Lipinski definition) is 2. The van der Waals surface area contributed by atoms with Gasteiger partial charge in [0.2, 0.25) is 0 Å². The predicted molar refractivity (Wildman–Crippen MR) is 127 cm³/mol. The van der Waals surface area contributed by atoms with Gasteiger partial charge in [-0.2, -0.15) is 0 Å². The molecule has 2 aromatic heterocycles. The minimum atomic E-state index is 0.0175. The summed E-state index contributed by atoms with van der Waals surface area (Å²) in [5, 5.41) is 5.09. The number of benzene rings is 1. The van der Waals surface area contributed by atoms with Gasteiger partial charge in [-0.3, -0.25) is 4.98 Å². The summed E-state index contributed by atoms with van der Waals surface area (Å²) in [6.07, 6.45) is 4.07. The van der Waals surface area contributed by atoms with Crippen molar-refractivity contribution in [3.05, 3.63) is 82.4 Å². The maximum Gasteiger partial charge on any atom is 0.170 e. The van der Waals surface area contributed by atoms with Crippen LogP contribution in [0.25, 0.3) is 5.69 Å². The molecule has 1 N–H and O–H groups in total. The topological polar surface area (TPSA) is 33.1 Å². The van der Waals surface area contributed by atoms with Crippen molar-refractivity contribution >= 4 is 28.9 Å². The average molecular weight is 439 g/mol. The van der Waals surface area contributed by atoms with Gasteiger partial charge in [0.15, 0.2) is 5.11 Å². The molecule has 1 aliphatic rings. The van der Waals surface area contributed by atoms with Crippen molar-refractivity contribution < 1.29 is 0 Å². The maximum atomic E-state index is 6.28. The summed E-state index contributed by atoms with van der Waals surface area (Å²) in [6.45, 7) is 7.46. The van der Waals surface area contributed by atoms with Crippen LogP contribution in [0.5, 0.6) is 0 Å². The van der Waals surface area contributed by atoms with Crippen molar-refractivity contribution in [2.75, 3.05) is 6.54 Å². The zero-order chi connectivity index (χ0) is 21.3. The fraction of sp³-hybridized carbons (Fsp3) is 0.333. The smallest absolute Gasteiger partial charge is 0.170 e. The SMILES string of the molecule is CCCCN1C(=S)N[C@H](c2ccccn2)[C@@H]1c1cc(C)n(-c2cccc(Cl)c2)c1C. The second-order valence-corrected chi connectivity index (χ2v) is 8.64. The van der Waals surface area contributed by atoms with Crippen molar-refractivity contribution in [2.45, 2.75) is 45.7 Å². The number of rotatable bonds is 6. The summed E-state index contributed by atoms with van der Waals surface area (Å²) in [4.78, 5) is 6.98. The third-order valence-electron chi connectivity index (χ3n) is 5.81. The summed E-state index contributed by atoms with van der Waals surface area (Å²) in [7, 11) is 0. The molecule has 0 spiro atoms. The molecule has 4 rings (SSSR count). The first-order valence-electron chi connectivity index (χ1n) is 10.4. The molecule has 1 fully saturated rings. The molecular formula is C24H27ClN4S. The van der Waals surface area contributed by atoms with E-state index in [1.54, 1.807) is 0 Å². The first-order chi connectivity index (χ1) is 14.5. The Morgan fingerprint density at radius 3 is 2.67 bits per heavy atom. The van der Waals surface area contributed by atoms with E-state index >= 15 is 0 Å². The zero-order valence-corrected chi connectivity index (χ0v) is 19.2. The van der Waals surface area contributed by atoms with Gasteiger partial charge >= 0.3 is 0 Å². The molecule has 3 aromatic rings. The van der Waals surface area contributed by atoms with Crippen LogP contribution in [0, 0.1) is 13.8 Å². The number of thiocarbonyl (C=S) groups is 1. The Hall–Kier alpha value is -2.37. The van der Waals surface area contributed by atoms with Gasteiger partial charge in [-0.25, -0.2) is 0 Å². The monoisotopic (exact) mass is 438 g/mol. The molecule has 1 aliphatic heterocycles. The van der Waals surface area contributed by atoms with E-state index in [4.69, 9.17) is 23.8 Å². The van der Waals surface area contributed by atoms with Gasteiger partial charge in [0.1, 0.15) is 0 Å². The summed E-state index contributed by atoms with van der Waals surface area (Å²) in [5.74, 6) is 0. The Kier molecular flexibility index (Phi) is 6.11. The molecule has 156 valence electrons. The van der Waals surface area contributed by atoms with Crippen LogP contribution < -0.4 is 5.32 Å². The van der Waals surface area contributed by atoms with Gasteiger partial charge in [-0.05, 0) is 74.4 Å². The summed E-state index contributed by atoms with van der Waals surface area (Å²) in [6, 6.07) is 16.5. The van der Waals surface area contributed by atoms with Gasteiger partial charge < -0.3 is 14.8 Å². The fourth-order valence-electron chi connectivity index (χ4n) is 4.41. The minimum Gasteiger partial charge on any atom is -0.352 e. The number of aryl methyl sites for hydroxylation is 1. The highest BCUT2D eigenvalue weighted by molar-refractivity contribution is 7.80. The number of hydrogen-bond donors (Lipinski definition) is 1. The lowest BCUT2D eigenvalue weighted by Crippen LogP contribution is -2.30. The van der Waals surface area contributed by atoms with E-state index in [-0.39, 0.29) is 12.1 Å². The summed E-state index contributed by atoms with van der Waals surface area (Å²) < 4.78 is 2.27. The third-order valence-corrected chi connectivity index (χ3v) is 6.39. The molecule has 6 heteroatoms. The van der Waals surface area contributed by atoms with Crippen LogP contribution in [0.3, 0.4) is 0 Å².